The summed E-state index contributed by atoms with van der Waals surface area (Å²) in [5.41, 5.74) is 32.3. The van der Waals surface area contributed by atoms with Crippen molar-refractivity contribution >= 4 is 67.3 Å². The minimum absolute atomic E-state index is 0.00401. The Bertz CT molecular complexity index is 1200. The van der Waals surface area contributed by atoms with Gasteiger partial charge in [-0.05, 0) is 44.1 Å². The molecule has 22 nitrogen and oxygen atoms in total. The molecular formula is C24H47N12O10PS. The van der Waals surface area contributed by atoms with Crippen molar-refractivity contribution in [3.63, 3.8) is 0 Å². The molecule has 0 aromatic heterocycles. The summed E-state index contributed by atoms with van der Waals surface area (Å²) in [7, 11) is -5.14. The highest BCUT2D eigenvalue weighted by Gasteiger charge is 2.32. The molecule has 0 unspecified atom stereocenters. The molecule has 0 heterocycles. The molecule has 18 N–H and O–H groups in total. The molecule has 274 valence electrons. The minimum atomic E-state index is -5.14. The Kier molecular flexibility index (Phi) is 21.4. The molecule has 0 rings (SSSR count). The van der Waals surface area contributed by atoms with E-state index < -0.39 is 80.6 Å². The van der Waals surface area contributed by atoms with Gasteiger partial charge in [-0.15, -0.1) is 0 Å². The van der Waals surface area contributed by atoms with Crippen LogP contribution in [0.1, 0.15) is 38.5 Å². The number of nitrogens with one attached hydrogen (secondary N) is 4. The van der Waals surface area contributed by atoms with E-state index >= 15 is 0 Å². The number of nitrogens with zero attached hydrogens (tertiary/aromatic N) is 2. The summed E-state index contributed by atoms with van der Waals surface area (Å²) in [5, 5.41) is 9.40. The molecule has 0 aliphatic rings. The van der Waals surface area contributed by atoms with Crippen LogP contribution in [0.25, 0.3) is 0 Å². The van der Waals surface area contributed by atoms with E-state index in [0.717, 1.165) is 0 Å². The van der Waals surface area contributed by atoms with Crippen molar-refractivity contribution in [1.29, 1.82) is 0 Å². The molecule has 0 aliphatic carbocycles. The molecule has 0 aliphatic heterocycles. The van der Waals surface area contributed by atoms with Crippen LogP contribution in [0.3, 0.4) is 0 Å². The number of thioether (sulfide) groups is 1. The quantitative estimate of drug-likeness (QED) is 0.0137. The predicted molar refractivity (Wildman–Crippen MR) is 176 cm³/mol. The van der Waals surface area contributed by atoms with E-state index in [2.05, 4.69) is 35.8 Å². The van der Waals surface area contributed by atoms with E-state index in [-0.39, 0.29) is 57.0 Å². The molecule has 0 radical (unpaired) electrons. The second-order valence-corrected chi connectivity index (χ2v) is 12.4. The SMILES string of the molecule is CSCC[C@H](NC(=O)[C@H](CCCN=C(N)N)NC(=O)[C@@H](N)CCCN=C(N)N)C(=O)N[C@@H](COP(=O)(O)O)C(=O)N[C@H](C=O)CC(N)=O. The maximum atomic E-state index is 13.4. The number of hydrogen-bond acceptors (Lipinski definition) is 12. The number of phosphoric ester groups is 1. The summed E-state index contributed by atoms with van der Waals surface area (Å²) in [5.74, 6) is -4.55. The molecule has 0 aromatic carbocycles. The van der Waals surface area contributed by atoms with Crippen molar-refractivity contribution < 1.29 is 47.6 Å². The highest BCUT2D eigenvalue weighted by atomic mass is 32.2. The van der Waals surface area contributed by atoms with E-state index in [4.69, 9.17) is 44.2 Å². The van der Waals surface area contributed by atoms with Crippen LogP contribution in [0, 0.1) is 0 Å². The smallest absolute Gasteiger partial charge is 0.370 e. The average molecular weight is 727 g/mol. The van der Waals surface area contributed by atoms with Gasteiger partial charge in [0, 0.05) is 13.1 Å². The molecule has 0 bridgehead atoms. The van der Waals surface area contributed by atoms with Gasteiger partial charge in [0.15, 0.2) is 11.9 Å². The Morgan fingerprint density at radius 2 is 1.27 bits per heavy atom. The molecule has 48 heavy (non-hydrogen) atoms. The van der Waals surface area contributed by atoms with Gasteiger partial charge in [0.05, 0.1) is 25.1 Å². The number of guanidine groups is 2. The third kappa shape index (κ3) is 21.0. The Morgan fingerprint density at radius 1 is 0.792 bits per heavy atom. The van der Waals surface area contributed by atoms with Gasteiger partial charge in [-0.3, -0.25) is 38.5 Å². The first-order valence-corrected chi connectivity index (χ1v) is 17.3. The third-order valence-electron chi connectivity index (χ3n) is 6.08. The monoisotopic (exact) mass is 726 g/mol. The highest BCUT2D eigenvalue weighted by molar-refractivity contribution is 7.98. The van der Waals surface area contributed by atoms with Crippen molar-refractivity contribution in [2.24, 2.45) is 44.4 Å². The van der Waals surface area contributed by atoms with Crippen molar-refractivity contribution in [3.8, 4) is 0 Å². The Hall–Kier alpha value is -4.02. The predicted octanol–water partition coefficient (Wildman–Crippen LogP) is -5.70. The Morgan fingerprint density at radius 3 is 1.75 bits per heavy atom. The summed E-state index contributed by atoms with van der Waals surface area (Å²) in [6, 6.07) is -6.83. The molecule has 0 spiro atoms. The topological polar surface area (TPSA) is 398 Å². The van der Waals surface area contributed by atoms with Gasteiger partial charge in [-0.2, -0.15) is 11.8 Å². The number of hydrogen-bond donors (Lipinski definition) is 12. The number of carbonyl (C=O) groups is 6. The zero-order chi connectivity index (χ0) is 36.9. The van der Waals surface area contributed by atoms with Gasteiger partial charge in [0.25, 0.3) is 0 Å². The molecule has 5 amide bonds. The van der Waals surface area contributed by atoms with E-state index in [1.807, 2.05) is 0 Å². The van der Waals surface area contributed by atoms with Crippen LogP contribution in [0.4, 0.5) is 0 Å². The fraction of sp³-hybridized carbons (Fsp3) is 0.667. The van der Waals surface area contributed by atoms with Crippen LogP contribution in [0.5, 0.6) is 0 Å². The fourth-order valence-corrected chi connectivity index (χ4v) is 4.55. The summed E-state index contributed by atoms with van der Waals surface area (Å²) in [6.45, 7) is -0.730. The third-order valence-corrected chi connectivity index (χ3v) is 7.21. The maximum Gasteiger partial charge on any atom is 0.469 e. The van der Waals surface area contributed by atoms with E-state index in [1.165, 1.54) is 11.8 Å². The van der Waals surface area contributed by atoms with Gasteiger partial charge >= 0.3 is 7.82 Å². The van der Waals surface area contributed by atoms with Gasteiger partial charge in [0.1, 0.15) is 24.4 Å². The van der Waals surface area contributed by atoms with Crippen LogP contribution < -0.4 is 55.7 Å². The lowest BCUT2D eigenvalue weighted by atomic mass is 10.1. The number of primary amides is 1. The molecule has 0 saturated heterocycles. The summed E-state index contributed by atoms with van der Waals surface area (Å²) >= 11 is 1.31. The second-order valence-electron chi connectivity index (χ2n) is 10.2. The minimum Gasteiger partial charge on any atom is -0.370 e. The van der Waals surface area contributed by atoms with Crippen LogP contribution >= 0.6 is 19.6 Å². The zero-order valence-corrected chi connectivity index (χ0v) is 28.1. The number of aldehydes is 1. The number of rotatable bonds is 25. The average Bonchev–Trinajstić information content (AvgIpc) is 2.98. The van der Waals surface area contributed by atoms with Crippen molar-refractivity contribution in [3.05, 3.63) is 0 Å². The summed E-state index contributed by atoms with van der Waals surface area (Å²) in [6.07, 6.45) is 2.10. The summed E-state index contributed by atoms with van der Waals surface area (Å²) < 4.78 is 15.7. The largest absolute Gasteiger partial charge is 0.469 e. The molecule has 0 saturated carbocycles. The normalized spacial score (nSPS) is 14.2. The Labute approximate surface area is 281 Å². The first-order chi connectivity index (χ1) is 22.4. The van der Waals surface area contributed by atoms with Crippen LogP contribution in [0.2, 0.25) is 0 Å². The number of phosphoric acid groups is 1. The number of carbonyl (C=O) groups excluding carboxylic acids is 6. The molecular weight excluding hydrogens is 679 g/mol. The van der Waals surface area contributed by atoms with Crippen LogP contribution in [0.15, 0.2) is 9.98 Å². The van der Waals surface area contributed by atoms with Crippen molar-refractivity contribution in [2.75, 3.05) is 31.7 Å². The van der Waals surface area contributed by atoms with Crippen molar-refractivity contribution in [2.45, 2.75) is 68.7 Å². The molecule has 24 heteroatoms. The van der Waals surface area contributed by atoms with E-state index in [0.29, 0.717) is 12.2 Å². The summed E-state index contributed by atoms with van der Waals surface area (Å²) in [4.78, 5) is 101. The first kappa shape index (κ1) is 44.0. The van der Waals surface area contributed by atoms with Crippen LogP contribution in [-0.2, 0) is 37.9 Å². The fourth-order valence-electron chi connectivity index (χ4n) is 3.74. The van der Waals surface area contributed by atoms with Gasteiger partial charge < -0.3 is 70.3 Å². The molecule has 5 atom stereocenters. The lowest BCUT2D eigenvalue weighted by Gasteiger charge is -2.26. The first-order valence-electron chi connectivity index (χ1n) is 14.4. The molecule has 0 aromatic rings. The van der Waals surface area contributed by atoms with E-state index in [1.54, 1.807) is 6.26 Å². The van der Waals surface area contributed by atoms with E-state index in [9.17, 15) is 33.3 Å². The number of amides is 5. The number of aliphatic imine (C=N–C) groups is 2. The van der Waals surface area contributed by atoms with Gasteiger partial charge in [-0.25, -0.2) is 4.57 Å². The van der Waals surface area contributed by atoms with Gasteiger partial charge in [0.2, 0.25) is 29.5 Å². The maximum absolute atomic E-state index is 13.4. The zero-order valence-electron chi connectivity index (χ0n) is 26.4. The molecule has 0 fully saturated rings. The highest BCUT2D eigenvalue weighted by Crippen LogP contribution is 2.35. The van der Waals surface area contributed by atoms with Gasteiger partial charge in [-0.1, -0.05) is 0 Å². The Balaban J connectivity index is 6.00. The lowest BCUT2D eigenvalue weighted by molar-refractivity contribution is -0.135. The standard InChI is InChI=1S/C24H47N12O10PS/c1-48-9-6-16(21(41)36-17(12-46-47(43,44)45)22(42)33-13(11-37)10-18(26)38)35-20(40)15(5-3-8-32-24(29)30)34-19(39)14(25)4-2-7-31-23(27)28/h11,13-17H,2-10,12,25H2,1H3,(H2,26,38)(H,33,42)(H,34,39)(H,35,40)(H,36,41)(H4,27,28,31)(H4,29,30,32)(H2,43,44,45)/t13-,14-,15-,16-,17-/m0/s1. The lowest BCUT2D eigenvalue weighted by Crippen LogP contribution is -2.59. The second kappa shape index (κ2) is 23.3. The van der Waals surface area contributed by atoms with Crippen molar-refractivity contribution in [1.82, 2.24) is 21.3 Å². The van der Waals surface area contributed by atoms with Crippen LogP contribution in [-0.4, -0.2) is 119 Å². The number of nitrogens with two attached hydrogens (primary N) is 6.